The van der Waals surface area contributed by atoms with Gasteiger partial charge >= 0.3 is 5.97 Å². The number of esters is 1. The van der Waals surface area contributed by atoms with Crippen molar-refractivity contribution in [3.8, 4) is 5.69 Å². The fourth-order valence-corrected chi connectivity index (χ4v) is 4.68. The number of hydrogen-bond acceptors (Lipinski definition) is 5. The fraction of sp³-hybridized carbons (Fsp3) is 0.222. The predicted octanol–water partition coefficient (Wildman–Crippen LogP) is 3.57. The maximum Gasteiger partial charge on any atom is 0.323 e. The van der Waals surface area contributed by atoms with Gasteiger partial charge in [0, 0.05) is 31.5 Å². The van der Waals surface area contributed by atoms with E-state index in [1.807, 2.05) is 36.4 Å². The van der Waals surface area contributed by atoms with Crippen molar-refractivity contribution >= 4 is 22.6 Å². The first-order chi connectivity index (χ1) is 16.6. The minimum Gasteiger partial charge on any atom is -0.468 e. The smallest absolute Gasteiger partial charge is 0.323 e. The molecule has 1 aromatic heterocycles. The van der Waals surface area contributed by atoms with Crippen molar-refractivity contribution in [2.24, 2.45) is 0 Å². The topological polar surface area (TPSA) is 76.5 Å². The number of likely N-dealkylation sites (tertiary alicyclic amines) is 1. The summed E-state index contributed by atoms with van der Waals surface area (Å²) in [6.07, 6.45) is 3.98. The van der Waals surface area contributed by atoms with E-state index in [1.54, 1.807) is 23.1 Å². The van der Waals surface area contributed by atoms with Gasteiger partial charge in [0.15, 0.2) is 0 Å². The fourth-order valence-electron chi connectivity index (χ4n) is 4.68. The van der Waals surface area contributed by atoms with Crippen molar-refractivity contribution in [3.05, 3.63) is 96.3 Å². The molecule has 0 unspecified atom stereocenters. The van der Waals surface area contributed by atoms with Crippen LogP contribution in [-0.2, 0) is 16.1 Å². The van der Waals surface area contributed by atoms with Gasteiger partial charge in [0.05, 0.1) is 18.4 Å². The molecule has 7 heteroatoms. The molecule has 5 rings (SSSR count). The first-order valence-corrected chi connectivity index (χ1v) is 11.3. The van der Waals surface area contributed by atoms with Crippen molar-refractivity contribution in [2.75, 3.05) is 13.7 Å². The van der Waals surface area contributed by atoms with Crippen LogP contribution in [0.1, 0.15) is 22.3 Å². The van der Waals surface area contributed by atoms with Crippen molar-refractivity contribution < 1.29 is 14.3 Å². The number of rotatable bonds is 6. The summed E-state index contributed by atoms with van der Waals surface area (Å²) in [4.78, 5) is 27.8. The Hall–Kier alpha value is -3.97. The van der Waals surface area contributed by atoms with E-state index in [-0.39, 0.29) is 17.9 Å². The highest BCUT2D eigenvalue weighted by atomic mass is 16.5. The first kappa shape index (κ1) is 21.9. The van der Waals surface area contributed by atoms with E-state index in [4.69, 9.17) is 4.74 Å². The normalized spacial score (nSPS) is 18.1. The Bertz CT molecular complexity index is 1320. The van der Waals surface area contributed by atoms with Crippen LogP contribution in [0.4, 0.5) is 0 Å². The van der Waals surface area contributed by atoms with Gasteiger partial charge < -0.3 is 10.1 Å². The molecule has 172 valence electrons. The maximum absolute atomic E-state index is 13.2. The summed E-state index contributed by atoms with van der Waals surface area (Å²) >= 11 is 0. The van der Waals surface area contributed by atoms with Gasteiger partial charge in [0.2, 0.25) is 0 Å². The van der Waals surface area contributed by atoms with E-state index in [0.29, 0.717) is 30.8 Å². The van der Waals surface area contributed by atoms with E-state index in [1.165, 1.54) is 12.5 Å². The van der Waals surface area contributed by atoms with E-state index in [9.17, 15) is 9.59 Å². The van der Waals surface area contributed by atoms with Crippen LogP contribution in [-0.4, -0.2) is 52.3 Å². The highest BCUT2D eigenvalue weighted by Crippen LogP contribution is 2.24. The van der Waals surface area contributed by atoms with Gasteiger partial charge in [-0.3, -0.25) is 14.5 Å². The number of para-hydroxylation sites is 1. The summed E-state index contributed by atoms with van der Waals surface area (Å²) in [5.74, 6) is -0.471. The Morgan fingerprint density at radius 1 is 1.03 bits per heavy atom. The third kappa shape index (κ3) is 4.43. The van der Waals surface area contributed by atoms with E-state index < -0.39 is 6.04 Å². The lowest BCUT2D eigenvalue weighted by Crippen LogP contribution is -2.38. The second-order valence-corrected chi connectivity index (χ2v) is 8.52. The molecule has 4 aromatic rings. The third-order valence-electron chi connectivity index (χ3n) is 6.31. The highest BCUT2D eigenvalue weighted by Gasteiger charge is 2.38. The summed E-state index contributed by atoms with van der Waals surface area (Å²) < 4.78 is 6.75. The molecule has 1 N–H and O–H groups in total. The molecule has 0 spiro atoms. The minimum atomic E-state index is -0.414. The number of nitrogens with one attached hydrogen (secondary N) is 1. The van der Waals surface area contributed by atoms with Crippen LogP contribution in [0.3, 0.4) is 0 Å². The number of methoxy groups -OCH3 is 1. The molecule has 0 radical (unpaired) electrons. The molecule has 1 amide bonds. The highest BCUT2D eigenvalue weighted by molar-refractivity contribution is 5.98. The summed E-state index contributed by atoms with van der Waals surface area (Å²) in [5, 5.41) is 9.72. The van der Waals surface area contributed by atoms with Crippen LogP contribution in [0.5, 0.6) is 0 Å². The Balaban J connectivity index is 1.34. The molecule has 0 aliphatic carbocycles. The molecule has 1 saturated heterocycles. The SMILES string of the molecule is COC(=O)[C@@H]1C[C@H](NC(=O)c2ccccc2-n2cccn2)CN1Cc1ccc2ccccc2c1. The molecule has 1 fully saturated rings. The van der Waals surface area contributed by atoms with Gasteiger partial charge in [-0.1, -0.05) is 48.5 Å². The number of nitrogens with zero attached hydrogens (tertiary/aromatic N) is 3. The average Bonchev–Trinajstić information content (AvgIpc) is 3.54. The number of carbonyl (C=O) groups is 2. The first-order valence-electron chi connectivity index (χ1n) is 11.3. The second-order valence-electron chi connectivity index (χ2n) is 8.52. The maximum atomic E-state index is 13.2. The zero-order valence-electron chi connectivity index (χ0n) is 18.9. The minimum absolute atomic E-state index is 0.178. The molecule has 1 aliphatic heterocycles. The third-order valence-corrected chi connectivity index (χ3v) is 6.31. The quantitative estimate of drug-likeness (QED) is 0.451. The van der Waals surface area contributed by atoms with Crippen LogP contribution >= 0.6 is 0 Å². The lowest BCUT2D eigenvalue weighted by Gasteiger charge is -2.22. The number of hydrogen-bond donors (Lipinski definition) is 1. The number of aromatic nitrogens is 2. The molecular formula is C27H26N4O3. The van der Waals surface area contributed by atoms with Crippen LogP contribution in [0.25, 0.3) is 16.5 Å². The van der Waals surface area contributed by atoms with Crippen molar-refractivity contribution in [3.63, 3.8) is 0 Å². The van der Waals surface area contributed by atoms with Crippen molar-refractivity contribution in [1.82, 2.24) is 20.0 Å². The number of benzene rings is 3. The Morgan fingerprint density at radius 3 is 2.62 bits per heavy atom. The van der Waals surface area contributed by atoms with Gasteiger partial charge in [-0.05, 0) is 47.0 Å². The summed E-state index contributed by atoms with van der Waals surface area (Å²) in [5.41, 5.74) is 2.36. The van der Waals surface area contributed by atoms with Gasteiger partial charge in [-0.15, -0.1) is 0 Å². The standard InChI is InChI=1S/C27H26N4O3/c1-34-27(33)25-16-22(18-30(25)17-19-11-12-20-7-2-3-8-21(20)15-19)29-26(32)23-9-4-5-10-24(23)31-14-6-13-28-31/h2-15,22,25H,16-18H2,1H3,(H,29,32)/t22-,25-/m0/s1. The van der Waals surface area contributed by atoms with E-state index in [2.05, 4.69) is 45.6 Å². The lowest BCUT2D eigenvalue weighted by atomic mass is 10.1. The Labute approximate surface area is 197 Å². The van der Waals surface area contributed by atoms with Crippen LogP contribution in [0.15, 0.2) is 85.2 Å². The van der Waals surface area contributed by atoms with Crippen LogP contribution in [0.2, 0.25) is 0 Å². The van der Waals surface area contributed by atoms with Crippen LogP contribution < -0.4 is 5.32 Å². The molecule has 0 saturated carbocycles. The molecule has 7 nitrogen and oxygen atoms in total. The largest absolute Gasteiger partial charge is 0.468 e. The van der Waals surface area contributed by atoms with Gasteiger partial charge in [0.1, 0.15) is 6.04 Å². The molecule has 34 heavy (non-hydrogen) atoms. The van der Waals surface area contributed by atoms with Gasteiger partial charge in [0.25, 0.3) is 5.91 Å². The van der Waals surface area contributed by atoms with Gasteiger partial charge in [-0.25, -0.2) is 4.68 Å². The van der Waals surface area contributed by atoms with Gasteiger partial charge in [-0.2, -0.15) is 5.10 Å². The predicted molar refractivity (Wildman–Crippen MR) is 130 cm³/mol. The molecule has 3 aromatic carbocycles. The molecule has 1 aliphatic rings. The number of ether oxygens (including phenoxy) is 1. The summed E-state index contributed by atoms with van der Waals surface area (Å²) in [7, 11) is 1.41. The van der Waals surface area contributed by atoms with E-state index >= 15 is 0 Å². The second kappa shape index (κ2) is 9.49. The Kier molecular flexibility index (Phi) is 6.10. The Morgan fingerprint density at radius 2 is 1.82 bits per heavy atom. The average molecular weight is 455 g/mol. The molecule has 0 bridgehead atoms. The van der Waals surface area contributed by atoms with Crippen molar-refractivity contribution in [2.45, 2.75) is 25.0 Å². The summed E-state index contributed by atoms with van der Waals surface area (Å²) in [6.45, 7) is 1.16. The zero-order valence-corrected chi connectivity index (χ0v) is 18.9. The number of carbonyl (C=O) groups excluding carboxylic acids is 2. The van der Waals surface area contributed by atoms with E-state index in [0.717, 1.165) is 10.9 Å². The number of fused-ring (bicyclic) bond motifs is 1. The molecule has 2 heterocycles. The molecular weight excluding hydrogens is 428 g/mol. The van der Waals surface area contributed by atoms with Crippen LogP contribution in [0, 0.1) is 0 Å². The zero-order chi connectivity index (χ0) is 23.5. The molecule has 2 atom stereocenters. The lowest BCUT2D eigenvalue weighted by molar-refractivity contribution is -0.146. The monoisotopic (exact) mass is 454 g/mol. The van der Waals surface area contributed by atoms with Crippen molar-refractivity contribution in [1.29, 1.82) is 0 Å². The summed E-state index contributed by atoms with van der Waals surface area (Å²) in [6, 6.07) is 23.1. The number of amides is 1.